The van der Waals surface area contributed by atoms with Crippen molar-refractivity contribution in [3.8, 4) is 5.82 Å². The molecular formula is C24H28N4O4. The van der Waals surface area contributed by atoms with Gasteiger partial charge in [-0.3, -0.25) is 19.1 Å². The molecule has 1 saturated heterocycles. The van der Waals surface area contributed by atoms with Crippen LogP contribution in [0.4, 0.5) is 4.79 Å². The molecule has 168 valence electrons. The first-order valence-corrected chi connectivity index (χ1v) is 11.6. The Kier molecular flexibility index (Phi) is 4.05. The highest BCUT2D eigenvalue weighted by molar-refractivity contribution is 6.12. The molecule has 4 bridgehead atoms. The largest absolute Gasteiger partial charge is 0.360 e. The Morgan fingerprint density at radius 1 is 1.09 bits per heavy atom. The van der Waals surface area contributed by atoms with Crippen molar-refractivity contribution >= 4 is 17.7 Å². The maximum atomic E-state index is 13.6. The van der Waals surface area contributed by atoms with Gasteiger partial charge in [0.2, 0.25) is 0 Å². The summed E-state index contributed by atoms with van der Waals surface area (Å²) in [5.41, 5.74) is 1.26. The lowest BCUT2D eigenvalue weighted by atomic mass is 9.48. The molecular weight excluding hydrogens is 408 g/mol. The molecule has 0 unspecified atom stereocenters. The third-order valence-corrected chi connectivity index (χ3v) is 8.46. The van der Waals surface area contributed by atoms with E-state index in [0.717, 1.165) is 42.0 Å². The molecule has 1 spiro atoms. The van der Waals surface area contributed by atoms with E-state index in [-0.39, 0.29) is 30.1 Å². The van der Waals surface area contributed by atoms with Crippen LogP contribution < -0.4 is 5.32 Å². The molecule has 5 fully saturated rings. The van der Waals surface area contributed by atoms with E-state index in [0.29, 0.717) is 29.0 Å². The van der Waals surface area contributed by atoms with E-state index in [1.165, 1.54) is 6.42 Å². The Bertz CT molecular complexity index is 1130. The van der Waals surface area contributed by atoms with Crippen LogP contribution in [0.2, 0.25) is 0 Å². The highest BCUT2D eigenvalue weighted by Gasteiger charge is 2.66. The van der Waals surface area contributed by atoms with Gasteiger partial charge in [-0.2, -0.15) is 0 Å². The lowest BCUT2D eigenvalue weighted by molar-refractivity contribution is -0.146. The molecule has 32 heavy (non-hydrogen) atoms. The number of hydrogen-bond acceptors (Lipinski definition) is 5. The molecule has 3 amide bonds. The topological polar surface area (TPSA) is 97.4 Å². The molecule has 1 N–H and O–H groups in total. The summed E-state index contributed by atoms with van der Waals surface area (Å²) in [6, 6.07) is 3.18. The average molecular weight is 437 g/mol. The van der Waals surface area contributed by atoms with E-state index < -0.39 is 11.6 Å². The summed E-state index contributed by atoms with van der Waals surface area (Å²) < 4.78 is 7.04. The summed E-state index contributed by atoms with van der Waals surface area (Å²) in [6.07, 6.45) is 5.32. The molecule has 8 heteroatoms. The van der Waals surface area contributed by atoms with Gasteiger partial charge in [0.1, 0.15) is 11.3 Å². The number of nitrogens with zero attached hydrogens (tertiary/aromatic N) is 3. The van der Waals surface area contributed by atoms with Crippen LogP contribution in [0.5, 0.6) is 0 Å². The Morgan fingerprint density at radius 2 is 1.75 bits per heavy atom. The van der Waals surface area contributed by atoms with Crippen molar-refractivity contribution in [2.45, 2.75) is 58.4 Å². The van der Waals surface area contributed by atoms with Gasteiger partial charge in [-0.05, 0) is 82.6 Å². The fraction of sp³-hybridized carbons (Fsp3) is 0.583. The molecule has 2 aromatic heterocycles. The lowest BCUT2D eigenvalue weighted by Crippen LogP contribution is -2.66. The first-order valence-electron chi connectivity index (χ1n) is 11.6. The predicted octanol–water partition coefficient (Wildman–Crippen LogP) is 3.32. The molecule has 0 aromatic carbocycles. The van der Waals surface area contributed by atoms with Gasteiger partial charge in [0.05, 0.1) is 6.54 Å². The minimum Gasteiger partial charge on any atom is -0.360 e. The number of amides is 3. The van der Waals surface area contributed by atoms with Crippen LogP contribution >= 0.6 is 0 Å². The van der Waals surface area contributed by atoms with E-state index >= 15 is 0 Å². The second kappa shape index (κ2) is 6.56. The molecule has 2 aromatic rings. The van der Waals surface area contributed by atoms with Crippen LogP contribution in [-0.4, -0.2) is 44.4 Å². The van der Waals surface area contributed by atoms with Crippen LogP contribution in [0.15, 0.2) is 16.7 Å². The minimum absolute atomic E-state index is 0.189. The maximum absolute atomic E-state index is 13.6. The van der Waals surface area contributed by atoms with Gasteiger partial charge in [-0.25, -0.2) is 4.79 Å². The zero-order chi connectivity index (χ0) is 22.4. The van der Waals surface area contributed by atoms with Crippen molar-refractivity contribution in [2.24, 2.45) is 23.7 Å². The number of ketones is 1. The fourth-order valence-electron chi connectivity index (χ4n) is 7.32. The second-order valence-electron chi connectivity index (χ2n) is 10.3. The van der Waals surface area contributed by atoms with Crippen molar-refractivity contribution in [3.05, 3.63) is 34.8 Å². The zero-order valence-corrected chi connectivity index (χ0v) is 18.7. The van der Waals surface area contributed by atoms with Crippen molar-refractivity contribution < 1.29 is 18.9 Å². The molecule has 0 atom stereocenters. The zero-order valence-electron chi connectivity index (χ0n) is 18.7. The van der Waals surface area contributed by atoms with E-state index in [2.05, 4.69) is 10.5 Å². The third-order valence-electron chi connectivity index (χ3n) is 8.46. The Morgan fingerprint density at radius 3 is 2.34 bits per heavy atom. The molecule has 5 aliphatic rings. The van der Waals surface area contributed by atoms with E-state index in [1.54, 1.807) is 6.07 Å². The number of carbonyl (C=O) groups excluding carboxylic acids is 3. The number of aromatic nitrogens is 2. The van der Waals surface area contributed by atoms with Gasteiger partial charge >= 0.3 is 6.03 Å². The van der Waals surface area contributed by atoms with E-state index in [9.17, 15) is 14.4 Å². The molecule has 1 aliphatic heterocycles. The van der Waals surface area contributed by atoms with Gasteiger partial charge in [0.25, 0.3) is 5.91 Å². The van der Waals surface area contributed by atoms with Crippen molar-refractivity contribution in [2.75, 3.05) is 6.54 Å². The van der Waals surface area contributed by atoms with Crippen molar-refractivity contribution in [1.82, 2.24) is 19.9 Å². The van der Waals surface area contributed by atoms with Gasteiger partial charge in [-0.1, -0.05) is 5.16 Å². The lowest BCUT2D eigenvalue weighted by Gasteiger charge is -2.58. The summed E-state index contributed by atoms with van der Waals surface area (Å²) in [5.74, 6) is 2.65. The third kappa shape index (κ3) is 2.55. The van der Waals surface area contributed by atoms with E-state index in [1.807, 2.05) is 31.4 Å². The van der Waals surface area contributed by atoms with Crippen LogP contribution in [-0.2, 0) is 4.79 Å². The summed E-state index contributed by atoms with van der Waals surface area (Å²) in [6.45, 7) is 5.32. The second-order valence-corrected chi connectivity index (χ2v) is 10.3. The normalized spacial score (nSPS) is 32.9. The Hall–Kier alpha value is -2.90. The average Bonchev–Trinajstić information content (AvgIpc) is 3.36. The molecule has 4 saturated carbocycles. The quantitative estimate of drug-likeness (QED) is 0.586. The number of Topliss-reactive ketones (excluding diaryl/α,β-unsaturated/α-hetero) is 1. The first-order chi connectivity index (χ1) is 15.3. The maximum Gasteiger partial charge on any atom is 0.325 e. The number of imide groups is 1. The van der Waals surface area contributed by atoms with Gasteiger partial charge < -0.3 is 9.84 Å². The van der Waals surface area contributed by atoms with Crippen LogP contribution in [0.1, 0.15) is 59.6 Å². The van der Waals surface area contributed by atoms with Crippen LogP contribution in [0.3, 0.4) is 0 Å². The van der Waals surface area contributed by atoms with Crippen molar-refractivity contribution in [3.63, 3.8) is 0 Å². The summed E-state index contributed by atoms with van der Waals surface area (Å²) >= 11 is 0. The number of nitrogens with one attached hydrogen (secondary N) is 1. The number of urea groups is 1. The SMILES string of the molecule is Cc1cc(-n2c(C)cc(C(=O)CN3C(=O)NC4(C3=O)C3CC5CC(C3)CC4C5)c2C)no1. The predicted molar refractivity (Wildman–Crippen MR) is 114 cm³/mol. The Labute approximate surface area is 186 Å². The molecule has 7 rings (SSSR count). The summed E-state index contributed by atoms with van der Waals surface area (Å²) in [4.78, 5) is 41.0. The molecule has 0 radical (unpaired) electrons. The highest BCUT2D eigenvalue weighted by atomic mass is 16.5. The molecule has 3 heterocycles. The van der Waals surface area contributed by atoms with Crippen LogP contribution in [0, 0.1) is 44.4 Å². The molecule has 8 nitrogen and oxygen atoms in total. The summed E-state index contributed by atoms with van der Waals surface area (Å²) in [7, 11) is 0. The van der Waals surface area contributed by atoms with Gasteiger partial charge in [0, 0.05) is 23.0 Å². The number of rotatable bonds is 4. The number of carbonyl (C=O) groups is 3. The first kappa shape index (κ1) is 19.8. The highest BCUT2D eigenvalue weighted by Crippen LogP contribution is 2.59. The standard InChI is InChI=1S/C24H28N4O4/c1-12-4-19(14(3)28(12)21-5-13(2)32-26-21)20(29)11-27-22(30)24(25-23(27)31)17-7-15-6-16(9-17)10-18(24)8-15/h4-5,15-18H,6-11H2,1-3H3,(H,25,31). The summed E-state index contributed by atoms with van der Waals surface area (Å²) in [5, 5.41) is 7.14. The monoisotopic (exact) mass is 436 g/mol. The van der Waals surface area contributed by atoms with Gasteiger partial charge in [0.15, 0.2) is 11.6 Å². The molecule has 4 aliphatic carbocycles. The fourth-order valence-corrected chi connectivity index (χ4v) is 7.32. The Balaban J connectivity index is 1.27. The van der Waals surface area contributed by atoms with E-state index in [4.69, 9.17) is 4.52 Å². The number of hydrogen-bond donors (Lipinski definition) is 1. The van der Waals surface area contributed by atoms with Crippen LogP contribution in [0.25, 0.3) is 5.82 Å². The van der Waals surface area contributed by atoms with Gasteiger partial charge in [-0.15, -0.1) is 0 Å². The van der Waals surface area contributed by atoms with Crippen molar-refractivity contribution in [1.29, 1.82) is 0 Å². The smallest absolute Gasteiger partial charge is 0.325 e. The minimum atomic E-state index is -0.792. The number of aryl methyl sites for hydroxylation is 2.